The number of rotatable bonds is 3. The predicted molar refractivity (Wildman–Crippen MR) is 91.6 cm³/mol. The van der Waals surface area contributed by atoms with E-state index in [9.17, 15) is 4.79 Å². The van der Waals surface area contributed by atoms with Gasteiger partial charge in [0.25, 0.3) is 0 Å². The Kier molecular flexibility index (Phi) is 8.95. The van der Waals surface area contributed by atoms with Gasteiger partial charge in [0.1, 0.15) is 5.78 Å². The van der Waals surface area contributed by atoms with E-state index in [-0.39, 0.29) is 0 Å². The average molecular weight is 335 g/mol. The summed E-state index contributed by atoms with van der Waals surface area (Å²) in [6, 6.07) is 3.83. The monoisotopic (exact) mass is 335 g/mol. The Bertz CT molecular complexity index is 379. The zero-order chi connectivity index (χ0) is 14.1. The van der Waals surface area contributed by atoms with Crippen molar-refractivity contribution in [3.05, 3.63) is 18.3 Å². The molecule has 0 amide bonds. The highest BCUT2D eigenvalue weighted by atomic mass is 33.5. The molecule has 0 radical (unpaired) electrons. The summed E-state index contributed by atoms with van der Waals surface area (Å²) in [7, 11) is 3.73. The van der Waals surface area contributed by atoms with Crippen molar-refractivity contribution >= 4 is 53.5 Å². The van der Waals surface area contributed by atoms with Gasteiger partial charge in [-0.25, -0.2) is 4.98 Å². The van der Waals surface area contributed by atoms with E-state index < -0.39 is 0 Å². The molecule has 0 N–H and O–H groups in total. The molecular weight excluding hydrogens is 317 g/mol. The van der Waals surface area contributed by atoms with Gasteiger partial charge in [-0.2, -0.15) is 0 Å². The van der Waals surface area contributed by atoms with Crippen LogP contribution in [0.15, 0.2) is 18.3 Å². The van der Waals surface area contributed by atoms with Crippen molar-refractivity contribution in [1.82, 2.24) is 4.98 Å². The lowest BCUT2D eigenvalue weighted by molar-refractivity contribution is -0.121. The van der Waals surface area contributed by atoms with Gasteiger partial charge in [0.05, 0.1) is 6.61 Å². The Morgan fingerprint density at radius 1 is 1.37 bits per heavy atom. The second kappa shape index (κ2) is 9.92. The molecule has 0 spiro atoms. The Balaban J connectivity index is 0.000000550. The number of thiol groups is 2. The zero-order valence-corrected chi connectivity index (χ0v) is 14.2. The highest BCUT2D eigenvalue weighted by molar-refractivity contribution is 9.01. The summed E-state index contributed by atoms with van der Waals surface area (Å²) < 4.78 is 5.60. The number of aromatic nitrogens is 1. The molecule has 2 rings (SSSR count). The molecular formula is C12H18NO2PS3. The van der Waals surface area contributed by atoms with Gasteiger partial charge >= 0.3 is 0 Å². The van der Waals surface area contributed by atoms with Gasteiger partial charge in [-0.15, -0.1) is 9.24 Å². The van der Waals surface area contributed by atoms with E-state index in [1.807, 2.05) is 12.1 Å². The standard InChI is InChI=1S/C12H16NO2P.H2S3/c14-10-3-1-9(2-4-10)8-15-12-6-5-11(16)7-13-12;1-3-2/h5-7,9H,1-4,8,16H2;1-2H. The molecule has 1 aliphatic rings. The van der Waals surface area contributed by atoms with Crippen LogP contribution in [0.1, 0.15) is 25.7 Å². The van der Waals surface area contributed by atoms with Crippen LogP contribution >= 0.6 is 42.4 Å². The molecule has 19 heavy (non-hydrogen) atoms. The van der Waals surface area contributed by atoms with E-state index in [4.69, 9.17) is 4.74 Å². The predicted octanol–water partition coefficient (Wildman–Crippen LogP) is 3.13. The first-order valence-corrected chi connectivity index (χ1v) is 9.46. The summed E-state index contributed by atoms with van der Waals surface area (Å²) in [6.07, 6.45) is 5.11. The number of ether oxygens (including phenoxy) is 1. The van der Waals surface area contributed by atoms with Crippen LogP contribution in [0.5, 0.6) is 5.88 Å². The zero-order valence-electron chi connectivity index (χ0n) is 10.5. The van der Waals surface area contributed by atoms with Crippen LogP contribution in [0.2, 0.25) is 0 Å². The highest BCUT2D eigenvalue weighted by Gasteiger charge is 2.19. The van der Waals surface area contributed by atoms with Crippen LogP contribution in [0.4, 0.5) is 0 Å². The van der Waals surface area contributed by atoms with Crippen LogP contribution in [0, 0.1) is 5.92 Å². The van der Waals surface area contributed by atoms with Gasteiger partial charge in [0.2, 0.25) is 5.88 Å². The molecule has 1 saturated carbocycles. The van der Waals surface area contributed by atoms with E-state index in [0.29, 0.717) is 37.0 Å². The van der Waals surface area contributed by atoms with Gasteiger partial charge in [-0.05, 0) is 40.0 Å². The average Bonchev–Trinajstić information content (AvgIpc) is 2.41. The van der Waals surface area contributed by atoms with Crippen LogP contribution in [0.3, 0.4) is 0 Å². The van der Waals surface area contributed by atoms with Crippen LogP contribution in [0.25, 0.3) is 0 Å². The van der Waals surface area contributed by atoms with Crippen molar-refractivity contribution in [3.8, 4) is 5.88 Å². The minimum absolute atomic E-state index is 0.390. The van der Waals surface area contributed by atoms with Crippen molar-refractivity contribution < 1.29 is 9.53 Å². The third-order valence-corrected chi connectivity index (χ3v) is 3.23. The lowest BCUT2D eigenvalue weighted by Crippen LogP contribution is -2.20. The summed E-state index contributed by atoms with van der Waals surface area (Å²) in [6.45, 7) is 0.677. The smallest absolute Gasteiger partial charge is 0.213 e. The number of carbonyl (C=O) groups excluding carboxylic acids is 1. The maximum absolute atomic E-state index is 11.1. The first kappa shape index (κ1) is 17.2. The fourth-order valence-corrected chi connectivity index (χ4v) is 2.02. The van der Waals surface area contributed by atoms with E-state index in [2.05, 4.69) is 37.5 Å². The Morgan fingerprint density at radius 3 is 2.53 bits per heavy atom. The van der Waals surface area contributed by atoms with Gasteiger partial charge in [-0.3, -0.25) is 4.79 Å². The van der Waals surface area contributed by atoms with Gasteiger partial charge in [0.15, 0.2) is 0 Å². The summed E-state index contributed by atoms with van der Waals surface area (Å²) in [4.78, 5) is 15.2. The molecule has 1 aliphatic carbocycles. The molecule has 7 heteroatoms. The molecule has 1 heterocycles. The highest BCUT2D eigenvalue weighted by Crippen LogP contribution is 2.22. The lowest BCUT2D eigenvalue weighted by atomic mass is 9.89. The summed E-state index contributed by atoms with van der Waals surface area (Å²) in [5.74, 6) is 1.57. The van der Waals surface area contributed by atoms with E-state index in [1.165, 1.54) is 0 Å². The molecule has 3 nitrogen and oxygen atoms in total. The first-order chi connectivity index (χ1) is 9.15. The first-order valence-electron chi connectivity index (χ1n) is 5.96. The third-order valence-electron chi connectivity index (χ3n) is 2.89. The number of pyridine rings is 1. The lowest BCUT2D eigenvalue weighted by Gasteiger charge is -2.20. The normalized spacial score (nSPS) is 15.6. The molecule has 0 aromatic carbocycles. The second-order valence-electron chi connectivity index (χ2n) is 4.30. The molecule has 1 fully saturated rings. The molecule has 0 aliphatic heterocycles. The SMILES string of the molecule is O=C1CCC(COc2ccc(P)cn2)CC1.SSS. The van der Waals surface area contributed by atoms with Crippen molar-refractivity contribution in [1.29, 1.82) is 0 Å². The van der Waals surface area contributed by atoms with Crippen molar-refractivity contribution in [2.24, 2.45) is 5.92 Å². The van der Waals surface area contributed by atoms with E-state index in [0.717, 1.165) is 28.0 Å². The second-order valence-corrected chi connectivity index (χ2v) is 7.09. The topological polar surface area (TPSA) is 39.2 Å². The van der Waals surface area contributed by atoms with E-state index >= 15 is 0 Å². The van der Waals surface area contributed by atoms with Crippen molar-refractivity contribution in [2.45, 2.75) is 25.7 Å². The van der Waals surface area contributed by atoms with Crippen LogP contribution < -0.4 is 10.0 Å². The maximum atomic E-state index is 11.1. The summed E-state index contributed by atoms with van der Waals surface area (Å²) in [5, 5.41) is 1.05. The molecule has 1 aromatic heterocycles. The molecule has 1 unspecified atom stereocenters. The van der Waals surface area contributed by atoms with Crippen LogP contribution in [-0.2, 0) is 4.79 Å². The number of hydrogen-bond donors (Lipinski definition) is 2. The Labute approximate surface area is 130 Å². The quantitative estimate of drug-likeness (QED) is 0.506. The van der Waals surface area contributed by atoms with Crippen molar-refractivity contribution in [2.75, 3.05) is 6.61 Å². The molecule has 1 atom stereocenters. The maximum Gasteiger partial charge on any atom is 0.213 e. The number of hydrogen-bond acceptors (Lipinski definition) is 6. The molecule has 0 saturated heterocycles. The minimum Gasteiger partial charge on any atom is -0.477 e. The summed E-state index contributed by atoms with van der Waals surface area (Å²) >= 11 is 7.14. The molecule has 0 bridgehead atoms. The van der Waals surface area contributed by atoms with Gasteiger partial charge in [-0.1, -0.05) is 23.3 Å². The number of nitrogens with zero attached hydrogens (tertiary/aromatic N) is 1. The number of carbonyl (C=O) groups is 1. The fraction of sp³-hybridized carbons (Fsp3) is 0.500. The fourth-order valence-electron chi connectivity index (χ4n) is 1.85. The molecule has 106 valence electrons. The van der Waals surface area contributed by atoms with Crippen molar-refractivity contribution in [3.63, 3.8) is 0 Å². The Hall–Kier alpha value is 0.1000. The summed E-state index contributed by atoms with van der Waals surface area (Å²) in [5.41, 5.74) is 0. The van der Waals surface area contributed by atoms with Gasteiger partial charge in [0, 0.05) is 25.1 Å². The van der Waals surface area contributed by atoms with Crippen LogP contribution in [-0.4, -0.2) is 17.4 Å². The number of Topliss-reactive ketones (excluding diaryl/α,β-unsaturated/α-hetero) is 1. The molecule has 1 aromatic rings. The Morgan fingerprint density at radius 2 is 2.00 bits per heavy atom. The largest absolute Gasteiger partial charge is 0.477 e. The third kappa shape index (κ3) is 7.45. The minimum atomic E-state index is 0.390. The van der Waals surface area contributed by atoms with E-state index in [1.54, 1.807) is 6.20 Å². The number of ketones is 1. The van der Waals surface area contributed by atoms with Gasteiger partial charge < -0.3 is 4.74 Å².